The van der Waals surface area contributed by atoms with E-state index in [0.29, 0.717) is 6.01 Å². The number of ether oxygens (including phenoxy) is 1. The Morgan fingerprint density at radius 3 is 2.73 bits per heavy atom. The molecule has 0 spiro atoms. The summed E-state index contributed by atoms with van der Waals surface area (Å²) >= 11 is 0. The fourth-order valence-electron chi connectivity index (χ4n) is 3.07. The molecule has 22 heavy (non-hydrogen) atoms. The molecule has 1 aromatic rings. The minimum Gasteiger partial charge on any atom is -0.467 e. The van der Waals surface area contributed by atoms with Crippen molar-refractivity contribution in [2.75, 3.05) is 39.8 Å². The maximum absolute atomic E-state index is 12.5. The molecule has 1 unspecified atom stereocenters. The molecule has 0 bridgehead atoms. The monoisotopic (exact) mass is 305 g/mol. The van der Waals surface area contributed by atoms with Gasteiger partial charge in [-0.2, -0.15) is 0 Å². The van der Waals surface area contributed by atoms with Crippen molar-refractivity contribution in [1.82, 2.24) is 25.1 Å². The number of likely N-dealkylation sites (tertiary alicyclic amines) is 1. The number of hydrogen-bond acceptors (Lipinski definition) is 6. The van der Waals surface area contributed by atoms with Crippen LogP contribution in [0.1, 0.15) is 18.4 Å². The number of aromatic nitrogens is 2. The molecule has 1 atom stereocenters. The second-order valence-electron chi connectivity index (χ2n) is 5.85. The Hall–Kier alpha value is -1.73. The molecule has 7 heteroatoms. The lowest BCUT2D eigenvalue weighted by Gasteiger charge is -2.34. The van der Waals surface area contributed by atoms with E-state index < -0.39 is 0 Å². The normalized spacial score (nSPS) is 22.8. The van der Waals surface area contributed by atoms with Crippen molar-refractivity contribution in [2.24, 2.45) is 0 Å². The first-order chi connectivity index (χ1) is 10.8. The first kappa shape index (κ1) is 15.2. The Morgan fingerprint density at radius 2 is 2.05 bits per heavy atom. The smallest absolute Gasteiger partial charge is 0.316 e. The molecule has 0 radical (unpaired) electrons. The molecule has 0 saturated carbocycles. The zero-order chi connectivity index (χ0) is 15.4. The van der Waals surface area contributed by atoms with Crippen LogP contribution in [0.5, 0.6) is 6.01 Å². The van der Waals surface area contributed by atoms with Gasteiger partial charge in [0, 0.05) is 57.2 Å². The third kappa shape index (κ3) is 3.53. The average molecular weight is 305 g/mol. The van der Waals surface area contributed by atoms with Gasteiger partial charge in [-0.1, -0.05) is 0 Å². The van der Waals surface area contributed by atoms with Crippen molar-refractivity contribution in [3.05, 3.63) is 18.0 Å². The second-order valence-corrected chi connectivity index (χ2v) is 5.85. The van der Waals surface area contributed by atoms with Crippen molar-refractivity contribution in [1.29, 1.82) is 0 Å². The SMILES string of the molecule is COc1ncc(CN2CCNC(C(=O)N3CCCC3)C2)cn1. The number of carbonyl (C=O) groups is 1. The highest BCUT2D eigenvalue weighted by Crippen LogP contribution is 2.13. The van der Waals surface area contributed by atoms with Crippen LogP contribution >= 0.6 is 0 Å². The van der Waals surface area contributed by atoms with Crippen LogP contribution in [0.2, 0.25) is 0 Å². The molecule has 7 nitrogen and oxygen atoms in total. The minimum atomic E-state index is -0.0917. The minimum absolute atomic E-state index is 0.0917. The van der Waals surface area contributed by atoms with Gasteiger partial charge in [0.25, 0.3) is 0 Å². The van der Waals surface area contributed by atoms with Crippen molar-refractivity contribution in [3.8, 4) is 6.01 Å². The summed E-state index contributed by atoms with van der Waals surface area (Å²) in [7, 11) is 1.56. The van der Waals surface area contributed by atoms with E-state index in [9.17, 15) is 4.79 Å². The van der Waals surface area contributed by atoms with Gasteiger partial charge in [0.2, 0.25) is 5.91 Å². The molecule has 120 valence electrons. The van der Waals surface area contributed by atoms with Gasteiger partial charge >= 0.3 is 6.01 Å². The standard InChI is InChI=1S/C15H23N5O2/c1-22-15-17-8-12(9-18-15)10-19-7-4-16-13(11-19)14(21)20-5-2-3-6-20/h8-9,13,16H,2-7,10-11H2,1H3. The van der Waals surface area contributed by atoms with Crippen LogP contribution in [-0.4, -0.2) is 71.6 Å². The Morgan fingerprint density at radius 1 is 1.32 bits per heavy atom. The Labute approximate surface area is 130 Å². The molecule has 1 amide bonds. The molecule has 2 saturated heterocycles. The second kappa shape index (κ2) is 7.02. The molecule has 1 aromatic heterocycles. The van der Waals surface area contributed by atoms with Gasteiger partial charge in [-0.3, -0.25) is 9.69 Å². The highest BCUT2D eigenvalue weighted by molar-refractivity contribution is 5.82. The zero-order valence-electron chi connectivity index (χ0n) is 13.0. The first-order valence-corrected chi connectivity index (χ1v) is 7.85. The van der Waals surface area contributed by atoms with Crippen LogP contribution < -0.4 is 10.1 Å². The maximum atomic E-state index is 12.5. The summed E-state index contributed by atoms with van der Waals surface area (Å²) < 4.78 is 4.97. The topological polar surface area (TPSA) is 70.6 Å². The maximum Gasteiger partial charge on any atom is 0.316 e. The lowest BCUT2D eigenvalue weighted by atomic mass is 10.1. The van der Waals surface area contributed by atoms with Crippen LogP contribution in [-0.2, 0) is 11.3 Å². The van der Waals surface area contributed by atoms with Crippen LogP contribution in [0.4, 0.5) is 0 Å². The molecule has 1 N–H and O–H groups in total. The number of carbonyl (C=O) groups excluding carboxylic acids is 1. The van der Waals surface area contributed by atoms with E-state index in [-0.39, 0.29) is 11.9 Å². The Bertz CT molecular complexity index is 501. The molecular weight excluding hydrogens is 282 g/mol. The van der Waals surface area contributed by atoms with Crippen molar-refractivity contribution in [2.45, 2.75) is 25.4 Å². The van der Waals surface area contributed by atoms with Crippen LogP contribution in [0.3, 0.4) is 0 Å². The molecule has 2 aliphatic heterocycles. The number of nitrogens with one attached hydrogen (secondary N) is 1. The number of amides is 1. The summed E-state index contributed by atoms with van der Waals surface area (Å²) in [6, 6.07) is 0.289. The zero-order valence-corrected chi connectivity index (χ0v) is 13.0. The lowest BCUT2D eigenvalue weighted by Crippen LogP contribution is -2.57. The molecule has 3 heterocycles. The number of hydrogen-bond donors (Lipinski definition) is 1. The van der Waals surface area contributed by atoms with Gasteiger partial charge in [0.15, 0.2) is 0 Å². The fourth-order valence-corrected chi connectivity index (χ4v) is 3.07. The fraction of sp³-hybridized carbons (Fsp3) is 0.667. The van der Waals surface area contributed by atoms with E-state index in [1.54, 1.807) is 19.5 Å². The Balaban J connectivity index is 1.56. The van der Waals surface area contributed by atoms with E-state index >= 15 is 0 Å². The van der Waals surface area contributed by atoms with E-state index in [0.717, 1.165) is 57.7 Å². The molecule has 0 aliphatic carbocycles. The van der Waals surface area contributed by atoms with Gasteiger partial charge < -0.3 is 15.0 Å². The molecular formula is C15H23N5O2. The number of methoxy groups -OCH3 is 1. The van der Waals surface area contributed by atoms with E-state index in [4.69, 9.17) is 4.74 Å². The number of rotatable bonds is 4. The van der Waals surface area contributed by atoms with Crippen LogP contribution in [0.25, 0.3) is 0 Å². The van der Waals surface area contributed by atoms with Crippen LogP contribution in [0, 0.1) is 0 Å². The number of piperazine rings is 1. The highest BCUT2D eigenvalue weighted by atomic mass is 16.5. The Kier molecular flexibility index (Phi) is 4.84. The van der Waals surface area contributed by atoms with E-state index in [1.165, 1.54) is 0 Å². The molecule has 0 aromatic carbocycles. The van der Waals surface area contributed by atoms with Gasteiger partial charge in [0.1, 0.15) is 0 Å². The van der Waals surface area contributed by atoms with Crippen molar-refractivity contribution >= 4 is 5.91 Å². The summed E-state index contributed by atoms with van der Waals surface area (Å²) in [6.07, 6.45) is 5.83. The lowest BCUT2D eigenvalue weighted by molar-refractivity contribution is -0.133. The predicted octanol–water partition coefficient (Wildman–Crippen LogP) is -0.119. The number of nitrogens with zero attached hydrogens (tertiary/aromatic N) is 4. The van der Waals surface area contributed by atoms with Crippen molar-refractivity contribution in [3.63, 3.8) is 0 Å². The summed E-state index contributed by atoms with van der Waals surface area (Å²) in [4.78, 5) is 25.0. The largest absolute Gasteiger partial charge is 0.467 e. The van der Waals surface area contributed by atoms with Crippen molar-refractivity contribution < 1.29 is 9.53 Å². The summed E-state index contributed by atoms with van der Waals surface area (Å²) in [6.45, 7) is 5.07. The third-order valence-electron chi connectivity index (χ3n) is 4.25. The summed E-state index contributed by atoms with van der Waals surface area (Å²) in [5.74, 6) is 0.244. The van der Waals surface area contributed by atoms with E-state index in [2.05, 4.69) is 20.2 Å². The third-order valence-corrected chi connectivity index (χ3v) is 4.25. The highest BCUT2D eigenvalue weighted by Gasteiger charge is 2.30. The van der Waals surface area contributed by atoms with Crippen LogP contribution in [0.15, 0.2) is 12.4 Å². The quantitative estimate of drug-likeness (QED) is 0.836. The van der Waals surface area contributed by atoms with Gasteiger partial charge in [-0.25, -0.2) is 9.97 Å². The predicted molar refractivity (Wildman–Crippen MR) is 81.5 cm³/mol. The van der Waals surface area contributed by atoms with Gasteiger partial charge in [-0.15, -0.1) is 0 Å². The molecule has 2 aliphatic rings. The van der Waals surface area contributed by atoms with E-state index in [1.807, 2.05) is 4.90 Å². The van der Waals surface area contributed by atoms with Gasteiger partial charge in [-0.05, 0) is 12.8 Å². The first-order valence-electron chi connectivity index (χ1n) is 7.85. The summed E-state index contributed by atoms with van der Waals surface area (Å²) in [5, 5.41) is 3.35. The summed E-state index contributed by atoms with van der Waals surface area (Å²) in [5.41, 5.74) is 1.04. The molecule has 3 rings (SSSR count). The average Bonchev–Trinajstić information content (AvgIpc) is 3.09. The van der Waals surface area contributed by atoms with Gasteiger partial charge in [0.05, 0.1) is 13.2 Å². The molecule has 2 fully saturated rings.